The lowest BCUT2D eigenvalue weighted by atomic mass is 9.88. The number of amides is 3. The lowest BCUT2D eigenvalue weighted by Gasteiger charge is -2.40. The van der Waals surface area contributed by atoms with Gasteiger partial charge in [-0.25, -0.2) is 9.78 Å². The standard InChI is InChI=1S/C24H29N9O4/c1-24(12-37-13-24)11-32-8-9-33(23(32)35)18-10-17(19(29-28-18)22(34)25-2)27-16-7-5-6-15(20(16)36-4)21-26-14-31(3)30-21/h5-7,10,14H,8-9,11-13H2,1-4H3,(H,25,34)(H,27,28)/i2D3. The molecule has 13 nitrogen and oxygen atoms in total. The fraction of sp³-hybridized carbons (Fsp3) is 0.417. The topological polar surface area (TPSA) is 140 Å². The van der Waals surface area contributed by atoms with E-state index in [-0.39, 0.29) is 28.6 Å². The highest BCUT2D eigenvalue weighted by molar-refractivity contribution is 6.00. The molecule has 2 aromatic heterocycles. The zero-order chi connectivity index (χ0) is 28.7. The second kappa shape index (κ2) is 9.65. The van der Waals surface area contributed by atoms with Crippen LogP contribution in [0, 0.1) is 5.41 Å². The van der Waals surface area contributed by atoms with Gasteiger partial charge < -0.3 is 25.0 Å². The van der Waals surface area contributed by atoms with Crippen LogP contribution in [0.15, 0.2) is 30.6 Å². The van der Waals surface area contributed by atoms with E-state index in [4.69, 9.17) is 13.6 Å². The Kier molecular flexibility index (Phi) is 5.45. The summed E-state index contributed by atoms with van der Waals surface area (Å²) in [5.74, 6) is 0.0474. The van der Waals surface area contributed by atoms with Gasteiger partial charge in [-0.1, -0.05) is 13.0 Å². The van der Waals surface area contributed by atoms with Gasteiger partial charge in [0, 0.05) is 49.3 Å². The average Bonchev–Trinajstić information content (AvgIpc) is 3.47. The number of aromatic nitrogens is 5. The van der Waals surface area contributed by atoms with Gasteiger partial charge in [0.05, 0.1) is 37.3 Å². The number of nitrogens with one attached hydrogen (secondary N) is 2. The number of carbonyl (C=O) groups is 2. The summed E-state index contributed by atoms with van der Waals surface area (Å²) < 4.78 is 34.9. The van der Waals surface area contributed by atoms with Crippen LogP contribution in [0.1, 0.15) is 21.5 Å². The SMILES string of the molecule is [2H]C([2H])([2H])NC(=O)c1nnc(N2CCN(CC3(C)COC3)C2=O)cc1Nc1cccc(-c2ncn(C)n2)c1OC. The Balaban J connectivity index is 1.49. The first-order valence-corrected chi connectivity index (χ1v) is 11.6. The predicted molar refractivity (Wildman–Crippen MR) is 135 cm³/mol. The highest BCUT2D eigenvalue weighted by atomic mass is 16.5. The number of benzene rings is 1. The zero-order valence-electron chi connectivity index (χ0n) is 23.7. The molecule has 4 heterocycles. The number of ether oxygens (including phenoxy) is 2. The molecular formula is C24H29N9O4. The summed E-state index contributed by atoms with van der Waals surface area (Å²) in [5.41, 5.74) is 0.780. The molecule has 37 heavy (non-hydrogen) atoms. The Morgan fingerprint density at radius 3 is 2.78 bits per heavy atom. The molecule has 2 aliphatic rings. The van der Waals surface area contributed by atoms with E-state index in [0.29, 0.717) is 55.7 Å². The molecule has 0 unspecified atom stereocenters. The highest BCUT2D eigenvalue weighted by Crippen LogP contribution is 2.37. The molecule has 2 N–H and O–H groups in total. The molecule has 2 fully saturated rings. The molecule has 0 saturated carbocycles. The Morgan fingerprint density at radius 2 is 2.11 bits per heavy atom. The maximum Gasteiger partial charge on any atom is 0.325 e. The van der Waals surface area contributed by atoms with Crippen molar-refractivity contribution in [2.75, 3.05) is 57.2 Å². The predicted octanol–water partition coefficient (Wildman–Crippen LogP) is 1.66. The Morgan fingerprint density at radius 1 is 1.27 bits per heavy atom. The average molecular weight is 511 g/mol. The van der Waals surface area contributed by atoms with E-state index in [1.807, 2.05) is 5.32 Å². The third-order valence-corrected chi connectivity index (χ3v) is 6.28. The molecular weight excluding hydrogens is 478 g/mol. The Hall–Kier alpha value is -4.26. The monoisotopic (exact) mass is 510 g/mol. The second-order valence-corrected chi connectivity index (χ2v) is 9.33. The molecule has 0 bridgehead atoms. The maximum atomic E-state index is 13.2. The van der Waals surface area contributed by atoms with Crippen molar-refractivity contribution in [1.29, 1.82) is 0 Å². The van der Waals surface area contributed by atoms with Crippen LogP contribution in [0.4, 0.5) is 22.0 Å². The summed E-state index contributed by atoms with van der Waals surface area (Å²) in [4.78, 5) is 33.6. The number of rotatable bonds is 8. The number of anilines is 3. The first-order chi connectivity index (χ1) is 19.0. The second-order valence-electron chi connectivity index (χ2n) is 9.33. The van der Waals surface area contributed by atoms with Crippen molar-refractivity contribution in [2.45, 2.75) is 6.92 Å². The summed E-state index contributed by atoms with van der Waals surface area (Å²) in [6.07, 6.45) is 1.56. The van der Waals surface area contributed by atoms with Crippen molar-refractivity contribution in [3.05, 3.63) is 36.3 Å². The highest BCUT2D eigenvalue weighted by Gasteiger charge is 2.40. The van der Waals surface area contributed by atoms with Crippen molar-refractivity contribution < 1.29 is 23.2 Å². The number of aryl methyl sites for hydroxylation is 1. The molecule has 0 atom stereocenters. The Labute approximate surface area is 218 Å². The van der Waals surface area contributed by atoms with Crippen molar-refractivity contribution >= 4 is 29.1 Å². The minimum atomic E-state index is -2.75. The van der Waals surface area contributed by atoms with Crippen molar-refractivity contribution in [1.82, 2.24) is 35.2 Å². The van der Waals surface area contributed by atoms with Gasteiger partial charge in [0.1, 0.15) is 6.33 Å². The Bertz CT molecular complexity index is 1440. The van der Waals surface area contributed by atoms with Crippen LogP contribution in [0.25, 0.3) is 11.4 Å². The van der Waals surface area contributed by atoms with E-state index < -0.39 is 12.9 Å². The number of hydrogen-bond acceptors (Lipinski definition) is 9. The van der Waals surface area contributed by atoms with Crippen molar-refractivity contribution in [3.63, 3.8) is 0 Å². The molecule has 3 amide bonds. The van der Waals surface area contributed by atoms with Crippen LogP contribution in [0.2, 0.25) is 0 Å². The van der Waals surface area contributed by atoms with Gasteiger partial charge in [0.2, 0.25) is 0 Å². The first kappa shape index (κ1) is 20.9. The molecule has 5 rings (SSSR count). The van der Waals surface area contributed by atoms with Gasteiger partial charge in [-0.2, -0.15) is 5.10 Å². The minimum absolute atomic E-state index is 0.0919. The molecule has 0 spiro atoms. The summed E-state index contributed by atoms with van der Waals surface area (Å²) in [7, 11) is 3.22. The molecule has 0 radical (unpaired) electrons. The molecule has 194 valence electrons. The summed E-state index contributed by atoms with van der Waals surface area (Å²) in [5, 5.41) is 17.5. The van der Waals surface area contributed by atoms with Crippen LogP contribution in [-0.4, -0.2) is 88.7 Å². The van der Waals surface area contributed by atoms with Gasteiger partial charge in [0.15, 0.2) is 23.1 Å². The molecule has 2 saturated heterocycles. The fourth-order valence-electron chi connectivity index (χ4n) is 4.42. The zero-order valence-corrected chi connectivity index (χ0v) is 20.7. The minimum Gasteiger partial charge on any atom is -0.494 e. The lowest BCUT2D eigenvalue weighted by molar-refractivity contribution is -0.109. The molecule has 13 heteroatoms. The maximum absolute atomic E-state index is 13.2. The van der Waals surface area contributed by atoms with E-state index in [9.17, 15) is 9.59 Å². The van der Waals surface area contributed by atoms with Crippen LogP contribution >= 0.6 is 0 Å². The summed E-state index contributed by atoms with van der Waals surface area (Å²) in [6.45, 7) is 1.91. The van der Waals surface area contributed by atoms with E-state index >= 15 is 0 Å². The number of para-hydroxylation sites is 1. The fourth-order valence-corrected chi connectivity index (χ4v) is 4.42. The third-order valence-electron chi connectivity index (χ3n) is 6.28. The van der Waals surface area contributed by atoms with Gasteiger partial charge in [-0.15, -0.1) is 10.2 Å². The van der Waals surface area contributed by atoms with Crippen molar-refractivity contribution in [2.24, 2.45) is 12.5 Å². The van der Waals surface area contributed by atoms with Gasteiger partial charge in [-0.05, 0) is 12.1 Å². The number of carbonyl (C=O) groups excluding carboxylic acids is 2. The largest absolute Gasteiger partial charge is 0.494 e. The first-order valence-electron chi connectivity index (χ1n) is 13.1. The third kappa shape index (κ3) is 4.65. The smallest absolute Gasteiger partial charge is 0.325 e. The molecule has 2 aliphatic heterocycles. The van der Waals surface area contributed by atoms with Crippen LogP contribution in [0.5, 0.6) is 5.75 Å². The lowest BCUT2D eigenvalue weighted by Crippen LogP contribution is -2.49. The van der Waals surface area contributed by atoms with Crippen molar-refractivity contribution in [3.8, 4) is 17.1 Å². The van der Waals surface area contributed by atoms with Gasteiger partial charge in [0.25, 0.3) is 5.91 Å². The van der Waals surface area contributed by atoms with Gasteiger partial charge in [-0.3, -0.25) is 14.4 Å². The molecule has 1 aromatic carbocycles. The summed E-state index contributed by atoms with van der Waals surface area (Å²) in [6, 6.07) is 6.49. The van der Waals surface area contributed by atoms with E-state index in [2.05, 4.69) is 32.5 Å². The van der Waals surface area contributed by atoms with Gasteiger partial charge >= 0.3 is 6.03 Å². The van der Waals surface area contributed by atoms with E-state index in [1.54, 1.807) is 41.2 Å². The number of nitrogens with zero attached hydrogens (tertiary/aromatic N) is 7. The summed E-state index contributed by atoms with van der Waals surface area (Å²) >= 11 is 0. The molecule has 3 aromatic rings. The normalized spacial score (nSPS) is 18.0. The number of urea groups is 1. The van der Waals surface area contributed by atoms with E-state index in [1.165, 1.54) is 18.1 Å². The van der Waals surface area contributed by atoms with Crippen LogP contribution < -0.4 is 20.3 Å². The molecule has 0 aliphatic carbocycles. The number of hydrogen-bond donors (Lipinski definition) is 2. The quantitative estimate of drug-likeness (QED) is 0.463. The number of methoxy groups -OCH3 is 1. The van der Waals surface area contributed by atoms with Crippen LogP contribution in [0.3, 0.4) is 0 Å². The van der Waals surface area contributed by atoms with Crippen LogP contribution in [-0.2, 0) is 11.8 Å². The van der Waals surface area contributed by atoms with E-state index in [0.717, 1.165) is 0 Å².